The third-order valence-electron chi connectivity index (χ3n) is 2.30. The maximum Gasteiger partial charge on any atom is 0.265 e. The van der Waals surface area contributed by atoms with Crippen LogP contribution in [0.1, 0.15) is 5.56 Å². The van der Waals surface area contributed by atoms with Crippen molar-refractivity contribution in [3.8, 4) is 0 Å². The molecule has 0 aliphatic rings. The van der Waals surface area contributed by atoms with Crippen LogP contribution in [0.25, 0.3) is 0 Å². The van der Waals surface area contributed by atoms with Crippen LogP contribution in [-0.2, 0) is 10.0 Å². The van der Waals surface area contributed by atoms with Gasteiger partial charge in [0.2, 0.25) is 0 Å². The van der Waals surface area contributed by atoms with Gasteiger partial charge in [0.15, 0.2) is 0 Å². The van der Waals surface area contributed by atoms with Crippen molar-refractivity contribution in [3.05, 3.63) is 42.0 Å². The molecule has 7 nitrogen and oxygen atoms in total. The SMILES string of the molecule is N=C(N)c1cc(F)ccc1NS(=O)(=O)c1cn[nH]c1. The summed E-state index contributed by atoms with van der Waals surface area (Å²) in [6.45, 7) is 0. The number of aromatic nitrogens is 2. The molecule has 0 aliphatic carbocycles. The lowest BCUT2D eigenvalue weighted by Gasteiger charge is -2.10. The van der Waals surface area contributed by atoms with Gasteiger partial charge in [0, 0.05) is 11.8 Å². The Hall–Kier alpha value is -2.42. The number of nitrogens with one attached hydrogen (secondary N) is 3. The van der Waals surface area contributed by atoms with Crippen molar-refractivity contribution >= 4 is 21.5 Å². The molecule has 2 aromatic rings. The highest BCUT2D eigenvalue weighted by Gasteiger charge is 2.18. The number of amidine groups is 1. The van der Waals surface area contributed by atoms with Crippen molar-refractivity contribution < 1.29 is 12.8 Å². The van der Waals surface area contributed by atoms with E-state index >= 15 is 0 Å². The average molecular weight is 283 g/mol. The van der Waals surface area contributed by atoms with Crippen molar-refractivity contribution in [1.82, 2.24) is 10.2 Å². The first kappa shape index (κ1) is 13.0. The Morgan fingerprint density at radius 1 is 1.47 bits per heavy atom. The Morgan fingerprint density at radius 2 is 2.21 bits per heavy atom. The summed E-state index contributed by atoms with van der Waals surface area (Å²) in [5.74, 6) is -1.05. The van der Waals surface area contributed by atoms with Crippen molar-refractivity contribution in [2.75, 3.05) is 4.72 Å². The molecule has 0 aliphatic heterocycles. The van der Waals surface area contributed by atoms with E-state index in [9.17, 15) is 12.8 Å². The Balaban J connectivity index is 2.42. The number of aromatic amines is 1. The lowest BCUT2D eigenvalue weighted by molar-refractivity contribution is 0.601. The van der Waals surface area contributed by atoms with E-state index in [1.54, 1.807) is 0 Å². The Morgan fingerprint density at radius 3 is 2.79 bits per heavy atom. The number of rotatable bonds is 4. The topological polar surface area (TPSA) is 125 Å². The van der Waals surface area contributed by atoms with Gasteiger partial charge in [-0.25, -0.2) is 12.8 Å². The number of halogens is 1. The Bertz CT molecular complexity index is 712. The summed E-state index contributed by atoms with van der Waals surface area (Å²) in [4.78, 5) is -0.0775. The quantitative estimate of drug-likeness (QED) is 0.485. The molecular weight excluding hydrogens is 273 g/mol. The number of hydrogen-bond donors (Lipinski definition) is 4. The molecular formula is C10H10FN5O2S. The number of H-pyrrole nitrogens is 1. The summed E-state index contributed by atoms with van der Waals surface area (Å²) in [5, 5.41) is 13.2. The lowest BCUT2D eigenvalue weighted by atomic mass is 10.1. The second-order valence-electron chi connectivity index (χ2n) is 3.64. The minimum atomic E-state index is -3.86. The summed E-state index contributed by atoms with van der Waals surface area (Å²) in [5.41, 5.74) is 5.27. The number of nitrogens with two attached hydrogens (primary N) is 1. The van der Waals surface area contributed by atoms with Crippen LogP contribution in [-0.4, -0.2) is 24.5 Å². The predicted octanol–water partition coefficient (Wildman–Crippen LogP) is 0.634. The zero-order chi connectivity index (χ0) is 14.0. The van der Waals surface area contributed by atoms with E-state index in [4.69, 9.17) is 11.1 Å². The standard InChI is InChI=1S/C10H10FN5O2S/c11-6-1-2-9(8(3-6)10(12)13)16-19(17,18)7-4-14-15-5-7/h1-5,16H,(H3,12,13)(H,14,15). The Labute approximate surface area is 108 Å². The molecule has 0 spiro atoms. The summed E-state index contributed by atoms with van der Waals surface area (Å²) in [7, 11) is -3.86. The van der Waals surface area contributed by atoms with Gasteiger partial charge in [-0.3, -0.25) is 15.2 Å². The van der Waals surface area contributed by atoms with Crippen molar-refractivity contribution in [3.63, 3.8) is 0 Å². The van der Waals surface area contributed by atoms with Gasteiger partial charge in [0.1, 0.15) is 16.5 Å². The maximum absolute atomic E-state index is 13.1. The largest absolute Gasteiger partial charge is 0.384 e. The van der Waals surface area contributed by atoms with Gasteiger partial charge in [0.05, 0.1) is 11.9 Å². The first-order valence-electron chi connectivity index (χ1n) is 5.06. The van der Waals surface area contributed by atoms with Gasteiger partial charge in [-0.05, 0) is 18.2 Å². The van der Waals surface area contributed by atoms with Crippen molar-refractivity contribution in [2.45, 2.75) is 4.90 Å². The summed E-state index contributed by atoms with van der Waals surface area (Å²) in [6.07, 6.45) is 2.32. The van der Waals surface area contributed by atoms with Gasteiger partial charge in [-0.1, -0.05) is 0 Å². The van der Waals surface area contributed by atoms with Crippen LogP contribution < -0.4 is 10.5 Å². The van der Waals surface area contributed by atoms with Crippen LogP contribution in [0.2, 0.25) is 0 Å². The van der Waals surface area contributed by atoms with Crippen LogP contribution in [0, 0.1) is 11.2 Å². The number of hydrogen-bond acceptors (Lipinski definition) is 4. The number of anilines is 1. The van der Waals surface area contributed by atoms with Crippen LogP contribution >= 0.6 is 0 Å². The van der Waals surface area contributed by atoms with E-state index < -0.39 is 21.7 Å². The molecule has 5 N–H and O–H groups in total. The van der Waals surface area contributed by atoms with E-state index in [1.807, 2.05) is 0 Å². The monoisotopic (exact) mass is 283 g/mol. The second kappa shape index (κ2) is 4.69. The zero-order valence-electron chi connectivity index (χ0n) is 9.51. The van der Waals surface area contributed by atoms with Crippen LogP contribution in [0.5, 0.6) is 0 Å². The highest BCUT2D eigenvalue weighted by Crippen LogP contribution is 2.20. The van der Waals surface area contributed by atoms with E-state index in [-0.39, 0.29) is 16.1 Å². The predicted molar refractivity (Wildman–Crippen MR) is 66.8 cm³/mol. The summed E-state index contributed by atoms with van der Waals surface area (Å²) < 4.78 is 39.2. The minimum absolute atomic E-state index is 0.0232. The number of nitrogens with zero attached hydrogens (tertiary/aromatic N) is 1. The normalized spacial score (nSPS) is 11.2. The van der Waals surface area contributed by atoms with Crippen LogP contribution in [0.15, 0.2) is 35.5 Å². The first-order chi connectivity index (χ1) is 8.90. The van der Waals surface area contributed by atoms with Gasteiger partial charge >= 0.3 is 0 Å². The zero-order valence-corrected chi connectivity index (χ0v) is 10.3. The summed E-state index contributed by atoms with van der Waals surface area (Å²) >= 11 is 0. The molecule has 1 aromatic heterocycles. The highest BCUT2D eigenvalue weighted by molar-refractivity contribution is 7.92. The molecule has 9 heteroatoms. The molecule has 1 aromatic carbocycles. The molecule has 0 bridgehead atoms. The first-order valence-corrected chi connectivity index (χ1v) is 6.54. The third kappa shape index (κ3) is 2.71. The van der Waals surface area contributed by atoms with E-state index in [2.05, 4.69) is 14.9 Å². The van der Waals surface area contributed by atoms with Crippen LogP contribution in [0.3, 0.4) is 0 Å². The molecule has 0 amide bonds. The molecule has 1 heterocycles. The molecule has 0 unspecified atom stereocenters. The summed E-state index contributed by atoms with van der Waals surface area (Å²) in [6, 6.07) is 3.25. The van der Waals surface area contributed by atoms with E-state index in [0.717, 1.165) is 18.3 Å². The fourth-order valence-corrected chi connectivity index (χ4v) is 2.40. The van der Waals surface area contributed by atoms with E-state index in [0.29, 0.717) is 0 Å². The number of sulfonamides is 1. The fraction of sp³-hybridized carbons (Fsp3) is 0. The lowest BCUT2D eigenvalue weighted by Crippen LogP contribution is -2.18. The maximum atomic E-state index is 13.1. The minimum Gasteiger partial charge on any atom is -0.384 e. The van der Waals surface area contributed by atoms with E-state index in [1.165, 1.54) is 12.3 Å². The average Bonchev–Trinajstić information content (AvgIpc) is 2.85. The molecule has 2 rings (SSSR count). The van der Waals surface area contributed by atoms with Crippen molar-refractivity contribution in [2.24, 2.45) is 5.73 Å². The molecule has 100 valence electrons. The number of nitrogen functional groups attached to an aromatic ring is 1. The molecule has 0 saturated heterocycles. The smallest absolute Gasteiger partial charge is 0.265 e. The molecule has 0 radical (unpaired) electrons. The molecule has 0 fully saturated rings. The van der Waals surface area contributed by atoms with Crippen molar-refractivity contribution in [1.29, 1.82) is 5.41 Å². The van der Waals surface area contributed by atoms with Gasteiger partial charge in [0.25, 0.3) is 10.0 Å². The van der Waals surface area contributed by atoms with Crippen LogP contribution in [0.4, 0.5) is 10.1 Å². The third-order valence-corrected chi connectivity index (χ3v) is 3.63. The highest BCUT2D eigenvalue weighted by atomic mass is 32.2. The molecule has 0 atom stereocenters. The molecule has 0 saturated carbocycles. The number of benzene rings is 1. The van der Waals surface area contributed by atoms with Gasteiger partial charge in [-0.15, -0.1) is 0 Å². The Kier molecular flexibility index (Phi) is 3.21. The van der Waals surface area contributed by atoms with Gasteiger partial charge in [-0.2, -0.15) is 5.10 Å². The van der Waals surface area contributed by atoms with Gasteiger partial charge < -0.3 is 5.73 Å². The fourth-order valence-electron chi connectivity index (χ4n) is 1.42. The molecule has 19 heavy (non-hydrogen) atoms. The second-order valence-corrected chi connectivity index (χ2v) is 5.33.